The third-order valence-electron chi connectivity index (χ3n) is 3.16. The van der Waals surface area contributed by atoms with Crippen molar-refractivity contribution in [3.63, 3.8) is 0 Å². The van der Waals surface area contributed by atoms with Crippen LogP contribution in [0.25, 0.3) is 10.7 Å². The molecule has 2 aromatic heterocycles. The molecule has 0 aliphatic rings. The van der Waals surface area contributed by atoms with E-state index in [0.717, 1.165) is 10.6 Å². The van der Waals surface area contributed by atoms with Crippen molar-refractivity contribution in [3.8, 4) is 10.7 Å². The molecule has 23 heavy (non-hydrogen) atoms. The molecule has 0 spiro atoms. The lowest BCUT2D eigenvalue weighted by molar-refractivity contribution is 0.0430. The van der Waals surface area contributed by atoms with Gasteiger partial charge in [0, 0.05) is 19.8 Å². The minimum absolute atomic E-state index is 0.0490. The van der Waals surface area contributed by atoms with Gasteiger partial charge in [0.05, 0.1) is 10.4 Å². The van der Waals surface area contributed by atoms with Gasteiger partial charge in [0.2, 0.25) is 5.82 Å². The van der Waals surface area contributed by atoms with Gasteiger partial charge in [-0.2, -0.15) is 4.98 Å². The predicted molar refractivity (Wildman–Crippen MR) is 87.5 cm³/mol. The van der Waals surface area contributed by atoms with Crippen LogP contribution in [-0.2, 0) is 11.3 Å². The molecule has 0 amide bonds. The molecule has 0 saturated carbocycles. The molecule has 7 heteroatoms. The lowest BCUT2D eigenvalue weighted by Crippen LogP contribution is -2.09. The maximum Gasteiger partial charge on any atom is 0.338 e. The summed E-state index contributed by atoms with van der Waals surface area (Å²) < 4.78 is 10.3. The molecule has 3 aromatic rings. The van der Waals surface area contributed by atoms with Crippen molar-refractivity contribution in [3.05, 3.63) is 53.2 Å². The second-order valence-corrected chi connectivity index (χ2v) is 5.95. The molecule has 6 nitrogen and oxygen atoms in total. The fourth-order valence-corrected chi connectivity index (χ4v) is 2.57. The van der Waals surface area contributed by atoms with Gasteiger partial charge in [0.25, 0.3) is 5.89 Å². The van der Waals surface area contributed by atoms with Crippen LogP contribution in [0.3, 0.4) is 0 Å². The molecule has 0 unspecified atom stereocenters. The van der Waals surface area contributed by atoms with Gasteiger partial charge in [0.15, 0.2) is 6.61 Å². The Balaban J connectivity index is 1.60. The van der Waals surface area contributed by atoms with Gasteiger partial charge in [0.1, 0.15) is 0 Å². The predicted octanol–water partition coefficient (Wildman–Crippen LogP) is 3.22. The largest absolute Gasteiger partial charge is 0.452 e. The van der Waals surface area contributed by atoms with Crippen molar-refractivity contribution in [2.75, 3.05) is 19.0 Å². The van der Waals surface area contributed by atoms with Crippen molar-refractivity contribution in [2.24, 2.45) is 0 Å². The van der Waals surface area contributed by atoms with Crippen LogP contribution >= 0.6 is 11.3 Å². The van der Waals surface area contributed by atoms with E-state index < -0.39 is 5.97 Å². The second kappa shape index (κ2) is 6.62. The van der Waals surface area contributed by atoms with E-state index in [4.69, 9.17) is 9.26 Å². The van der Waals surface area contributed by atoms with Crippen LogP contribution in [0.2, 0.25) is 0 Å². The first-order valence-electron chi connectivity index (χ1n) is 6.94. The monoisotopic (exact) mass is 329 g/mol. The molecule has 0 fully saturated rings. The maximum atomic E-state index is 12.0. The molecule has 1 aromatic carbocycles. The topological polar surface area (TPSA) is 68.5 Å². The smallest absolute Gasteiger partial charge is 0.338 e. The Morgan fingerprint density at radius 2 is 2.04 bits per heavy atom. The average molecular weight is 329 g/mol. The van der Waals surface area contributed by atoms with E-state index in [-0.39, 0.29) is 12.5 Å². The highest BCUT2D eigenvalue weighted by atomic mass is 32.1. The zero-order chi connectivity index (χ0) is 16.2. The summed E-state index contributed by atoms with van der Waals surface area (Å²) in [7, 11) is 3.88. The van der Waals surface area contributed by atoms with E-state index in [2.05, 4.69) is 10.1 Å². The third kappa shape index (κ3) is 3.57. The Labute approximate surface area is 137 Å². The summed E-state index contributed by atoms with van der Waals surface area (Å²) in [6.45, 7) is -0.0490. The minimum atomic E-state index is -0.425. The van der Waals surface area contributed by atoms with Crippen molar-refractivity contribution in [1.29, 1.82) is 0 Å². The highest BCUT2D eigenvalue weighted by Gasteiger charge is 2.13. The van der Waals surface area contributed by atoms with E-state index in [0.29, 0.717) is 11.4 Å². The third-order valence-corrected chi connectivity index (χ3v) is 4.02. The Hall–Kier alpha value is -2.67. The Morgan fingerprint density at radius 1 is 1.26 bits per heavy atom. The average Bonchev–Trinajstić information content (AvgIpc) is 3.23. The van der Waals surface area contributed by atoms with Gasteiger partial charge in [-0.15, -0.1) is 11.3 Å². The standard InChI is InChI=1S/C16H15N3O3S/c1-19(2)12-7-5-11(6-8-12)16(20)21-10-14-17-15(18-22-14)13-4-3-9-23-13/h3-9H,10H2,1-2H3. The van der Waals surface area contributed by atoms with E-state index in [9.17, 15) is 4.79 Å². The highest BCUT2D eigenvalue weighted by Crippen LogP contribution is 2.21. The summed E-state index contributed by atoms with van der Waals surface area (Å²) in [6.07, 6.45) is 0. The van der Waals surface area contributed by atoms with Crippen LogP contribution in [0.1, 0.15) is 16.2 Å². The zero-order valence-corrected chi connectivity index (χ0v) is 13.5. The van der Waals surface area contributed by atoms with Gasteiger partial charge < -0.3 is 14.2 Å². The van der Waals surface area contributed by atoms with Gasteiger partial charge >= 0.3 is 5.97 Å². The van der Waals surface area contributed by atoms with E-state index in [1.54, 1.807) is 12.1 Å². The van der Waals surface area contributed by atoms with Crippen LogP contribution in [0, 0.1) is 0 Å². The number of carbonyl (C=O) groups is 1. The number of esters is 1. The first-order valence-corrected chi connectivity index (χ1v) is 7.82. The molecule has 118 valence electrons. The summed E-state index contributed by atoms with van der Waals surface area (Å²) in [5, 5.41) is 5.80. The Kier molecular flexibility index (Phi) is 4.38. The summed E-state index contributed by atoms with van der Waals surface area (Å²) in [5.74, 6) is 0.347. The van der Waals surface area contributed by atoms with E-state index >= 15 is 0 Å². The molecule has 0 aliphatic carbocycles. The highest BCUT2D eigenvalue weighted by molar-refractivity contribution is 7.13. The Morgan fingerprint density at radius 3 is 2.70 bits per heavy atom. The molecule has 0 aliphatic heterocycles. The number of nitrogens with zero attached hydrogens (tertiary/aromatic N) is 3. The van der Waals surface area contributed by atoms with Gasteiger partial charge in [-0.1, -0.05) is 11.2 Å². The quantitative estimate of drug-likeness (QED) is 0.670. The molecule has 0 bridgehead atoms. The fraction of sp³-hybridized carbons (Fsp3) is 0.188. The molecular weight excluding hydrogens is 314 g/mol. The first kappa shape index (κ1) is 15.2. The number of carbonyl (C=O) groups excluding carboxylic acids is 1. The summed E-state index contributed by atoms with van der Waals surface area (Å²) in [5.41, 5.74) is 1.49. The zero-order valence-electron chi connectivity index (χ0n) is 12.7. The second-order valence-electron chi connectivity index (χ2n) is 5.01. The molecule has 0 atom stereocenters. The number of hydrogen-bond donors (Lipinski definition) is 0. The van der Waals surface area contributed by atoms with Crippen LogP contribution in [0.15, 0.2) is 46.3 Å². The Bertz CT molecular complexity index is 779. The van der Waals surface area contributed by atoms with E-state index in [1.165, 1.54) is 11.3 Å². The number of aromatic nitrogens is 2. The molecule has 0 radical (unpaired) electrons. The van der Waals surface area contributed by atoms with Crippen molar-refractivity contribution in [1.82, 2.24) is 10.1 Å². The van der Waals surface area contributed by atoms with Gasteiger partial charge in [-0.3, -0.25) is 0 Å². The lowest BCUT2D eigenvalue weighted by Gasteiger charge is -2.12. The molecule has 3 rings (SSSR count). The summed E-state index contributed by atoms with van der Waals surface area (Å²) >= 11 is 1.52. The normalized spacial score (nSPS) is 10.5. The van der Waals surface area contributed by atoms with Crippen LogP contribution in [0.5, 0.6) is 0 Å². The number of thiophene rings is 1. The van der Waals surface area contributed by atoms with Crippen LogP contribution in [-0.4, -0.2) is 30.2 Å². The number of hydrogen-bond acceptors (Lipinski definition) is 7. The molecule has 0 N–H and O–H groups in total. The van der Waals surface area contributed by atoms with Crippen LogP contribution in [0.4, 0.5) is 5.69 Å². The van der Waals surface area contributed by atoms with Gasteiger partial charge in [-0.05, 0) is 35.7 Å². The summed E-state index contributed by atoms with van der Waals surface area (Å²) in [6, 6.07) is 11.0. The fourth-order valence-electron chi connectivity index (χ4n) is 1.93. The lowest BCUT2D eigenvalue weighted by atomic mass is 10.2. The molecule has 0 saturated heterocycles. The number of ether oxygens (including phenoxy) is 1. The SMILES string of the molecule is CN(C)c1ccc(C(=O)OCc2nc(-c3cccs3)no2)cc1. The van der Waals surface area contributed by atoms with E-state index in [1.807, 2.05) is 48.6 Å². The first-order chi connectivity index (χ1) is 11.1. The van der Waals surface area contributed by atoms with Crippen molar-refractivity contribution >= 4 is 23.0 Å². The number of anilines is 1. The number of rotatable bonds is 5. The minimum Gasteiger partial charge on any atom is -0.452 e. The summed E-state index contributed by atoms with van der Waals surface area (Å²) in [4.78, 5) is 19.1. The molecular formula is C16H15N3O3S. The van der Waals surface area contributed by atoms with Gasteiger partial charge in [-0.25, -0.2) is 4.79 Å². The maximum absolute atomic E-state index is 12.0. The number of benzene rings is 1. The van der Waals surface area contributed by atoms with Crippen molar-refractivity contribution < 1.29 is 14.1 Å². The van der Waals surface area contributed by atoms with Crippen molar-refractivity contribution in [2.45, 2.75) is 6.61 Å². The van der Waals surface area contributed by atoms with Crippen LogP contribution < -0.4 is 4.90 Å². The molecule has 2 heterocycles.